The van der Waals surface area contributed by atoms with Crippen LogP contribution in [0.3, 0.4) is 0 Å². The van der Waals surface area contributed by atoms with Gasteiger partial charge in [-0.15, -0.1) is 0 Å². The van der Waals surface area contributed by atoms with Gasteiger partial charge in [-0.2, -0.15) is 0 Å². The number of hydrogen-bond acceptors (Lipinski definition) is 3. The third-order valence-electron chi connectivity index (χ3n) is 4.32. The molecular weight excluding hydrogens is 337 g/mol. The van der Waals surface area contributed by atoms with Gasteiger partial charge in [0.15, 0.2) is 0 Å². The maximum atomic E-state index is 13.2. The summed E-state index contributed by atoms with van der Waals surface area (Å²) in [6, 6.07) is 5.06. The lowest BCUT2D eigenvalue weighted by molar-refractivity contribution is 0.0583. The summed E-state index contributed by atoms with van der Waals surface area (Å²) in [5, 5.41) is 3.38. The number of carbonyl (C=O) groups is 1. The number of carbonyl (C=O) groups excluding carboxylic acids is 1. The van der Waals surface area contributed by atoms with E-state index in [4.69, 9.17) is 0 Å². The number of piperazine rings is 1. The third kappa shape index (κ3) is 3.27. The molecule has 1 amide bonds. The Kier molecular flexibility index (Phi) is 4.57. The van der Waals surface area contributed by atoms with Gasteiger partial charge >= 0.3 is 0 Å². The third-order valence-corrected chi connectivity index (χ3v) is 4.93. The molecule has 1 aromatic carbocycles. The van der Waals surface area contributed by atoms with Crippen LogP contribution in [0.25, 0.3) is 0 Å². The summed E-state index contributed by atoms with van der Waals surface area (Å²) in [4.78, 5) is 16.8. The maximum Gasteiger partial charge on any atom is 0.253 e. The van der Waals surface area contributed by atoms with Gasteiger partial charge in [-0.3, -0.25) is 9.69 Å². The molecule has 2 fully saturated rings. The molecule has 21 heavy (non-hydrogen) atoms. The van der Waals surface area contributed by atoms with Gasteiger partial charge in [0.25, 0.3) is 5.91 Å². The van der Waals surface area contributed by atoms with Gasteiger partial charge in [0.05, 0.1) is 4.47 Å². The lowest BCUT2D eigenvalue weighted by Crippen LogP contribution is -2.52. The molecule has 0 spiro atoms. The van der Waals surface area contributed by atoms with Crippen molar-refractivity contribution >= 4 is 21.8 Å². The summed E-state index contributed by atoms with van der Waals surface area (Å²) in [5.41, 5.74) is 0.541. The first-order chi connectivity index (χ1) is 10.1. The minimum atomic E-state index is -0.342. The molecule has 0 saturated carbocycles. The Hall–Kier alpha value is -0.980. The Balaban J connectivity index is 1.60. The Labute approximate surface area is 132 Å². The summed E-state index contributed by atoms with van der Waals surface area (Å²) in [7, 11) is 0. The van der Waals surface area contributed by atoms with Crippen molar-refractivity contribution in [3.63, 3.8) is 0 Å². The summed E-state index contributed by atoms with van der Waals surface area (Å²) >= 11 is 3.13. The van der Waals surface area contributed by atoms with Crippen LogP contribution in [0.4, 0.5) is 4.39 Å². The highest BCUT2D eigenvalue weighted by Crippen LogP contribution is 2.19. The number of benzene rings is 1. The van der Waals surface area contributed by atoms with E-state index in [1.54, 1.807) is 12.1 Å². The van der Waals surface area contributed by atoms with Gasteiger partial charge in [-0.25, -0.2) is 4.39 Å². The predicted octanol–water partition coefficient (Wildman–Crippen LogP) is 1.71. The van der Waals surface area contributed by atoms with Gasteiger partial charge in [-0.1, -0.05) is 0 Å². The van der Waals surface area contributed by atoms with Gasteiger partial charge < -0.3 is 10.2 Å². The molecule has 2 saturated heterocycles. The molecule has 0 radical (unpaired) electrons. The average Bonchev–Trinajstić information content (AvgIpc) is 3.04. The first-order valence-electron chi connectivity index (χ1n) is 7.34. The molecule has 1 N–H and O–H groups in total. The van der Waals surface area contributed by atoms with E-state index < -0.39 is 0 Å². The zero-order chi connectivity index (χ0) is 14.8. The molecule has 1 unspecified atom stereocenters. The van der Waals surface area contributed by atoms with E-state index in [9.17, 15) is 9.18 Å². The fourth-order valence-corrected chi connectivity index (χ4v) is 3.43. The molecule has 2 aliphatic heterocycles. The summed E-state index contributed by atoms with van der Waals surface area (Å²) in [6.45, 7) is 5.46. The fraction of sp³-hybridized carbons (Fsp3) is 0.533. The van der Waals surface area contributed by atoms with Crippen LogP contribution >= 0.6 is 15.9 Å². The van der Waals surface area contributed by atoms with Crippen molar-refractivity contribution in [3.8, 4) is 0 Å². The van der Waals surface area contributed by atoms with Gasteiger partial charge in [0, 0.05) is 44.3 Å². The highest BCUT2D eigenvalue weighted by molar-refractivity contribution is 9.10. The van der Waals surface area contributed by atoms with E-state index in [0.717, 1.165) is 39.3 Å². The second-order valence-electron chi connectivity index (χ2n) is 5.60. The van der Waals surface area contributed by atoms with E-state index in [1.165, 1.54) is 12.5 Å². The van der Waals surface area contributed by atoms with E-state index in [-0.39, 0.29) is 11.7 Å². The standard InChI is InChI=1S/C15H19BrFN3O/c16-13-9-11(1-2-14(13)17)15(21)20-7-5-19(6-8-20)12-3-4-18-10-12/h1-2,9,12,18H,3-8,10H2. The van der Waals surface area contributed by atoms with Crippen molar-refractivity contribution in [2.75, 3.05) is 39.3 Å². The normalized spacial score (nSPS) is 23.5. The summed E-state index contributed by atoms with van der Waals surface area (Å²) in [6.07, 6.45) is 1.19. The summed E-state index contributed by atoms with van der Waals surface area (Å²) in [5.74, 6) is -0.356. The molecule has 1 atom stereocenters. The maximum absolute atomic E-state index is 13.2. The second-order valence-corrected chi connectivity index (χ2v) is 6.46. The molecule has 2 aliphatic rings. The Morgan fingerprint density at radius 3 is 2.67 bits per heavy atom. The number of rotatable bonds is 2. The van der Waals surface area contributed by atoms with Gasteiger partial charge in [0.2, 0.25) is 0 Å². The quantitative estimate of drug-likeness (QED) is 0.877. The van der Waals surface area contributed by atoms with E-state index in [0.29, 0.717) is 16.1 Å². The molecule has 4 nitrogen and oxygen atoms in total. The number of amides is 1. The monoisotopic (exact) mass is 355 g/mol. The smallest absolute Gasteiger partial charge is 0.253 e. The lowest BCUT2D eigenvalue weighted by atomic mass is 10.1. The molecule has 0 bridgehead atoms. The first-order valence-corrected chi connectivity index (χ1v) is 8.13. The van der Waals surface area contributed by atoms with Crippen molar-refractivity contribution in [1.29, 1.82) is 0 Å². The van der Waals surface area contributed by atoms with Crippen molar-refractivity contribution in [3.05, 3.63) is 34.1 Å². The van der Waals surface area contributed by atoms with Crippen LogP contribution in [0.1, 0.15) is 16.8 Å². The van der Waals surface area contributed by atoms with E-state index in [2.05, 4.69) is 26.1 Å². The van der Waals surface area contributed by atoms with E-state index >= 15 is 0 Å². The largest absolute Gasteiger partial charge is 0.336 e. The lowest BCUT2D eigenvalue weighted by Gasteiger charge is -2.37. The average molecular weight is 356 g/mol. The summed E-state index contributed by atoms with van der Waals surface area (Å²) < 4.78 is 13.6. The van der Waals surface area contributed by atoms with Gasteiger partial charge in [-0.05, 0) is 47.1 Å². The minimum absolute atomic E-state index is 0.0140. The Morgan fingerprint density at radius 2 is 2.05 bits per heavy atom. The first kappa shape index (κ1) is 14.9. The zero-order valence-electron chi connectivity index (χ0n) is 11.8. The van der Waals surface area contributed by atoms with Crippen LogP contribution in [-0.4, -0.2) is 61.0 Å². The number of hydrogen-bond donors (Lipinski definition) is 1. The van der Waals surface area contributed by atoms with Crippen molar-refractivity contribution < 1.29 is 9.18 Å². The van der Waals surface area contributed by atoms with Crippen molar-refractivity contribution in [2.24, 2.45) is 0 Å². The number of halogens is 2. The Bertz CT molecular complexity index is 526. The van der Waals surface area contributed by atoms with Crippen LogP contribution in [0.2, 0.25) is 0 Å². The van der Waals surface area contributed by atoms with Crippen LogP contribution in [-0.2, 0) is 0 Å². The van der Waals surface area contributed by atoms with Gasteiger partial charge in [0.1, 0.15) is 5.82 Å². The molecule has 0 aliphatic carbocycles. The molecular formula is C15H19BrFN3O. The molecule has 114 valence electrons. The second kappa shape index (κ2) is 6.42. The highest BCUT2D eigenvalue weighted by atomic mass is 79.9. The van der Waals surface area contributed by atoms with Crippen LogP contribution in [0.5, 0.6) is 0 Å². The molecule has 1 aromatic rings. The number of nitrogens with zero attached hydrogens (tertiary/aromatic N) is 2. The minimum Gasteiger partial charge on any atom is -0.336 e. The molecule has 2 heterocycles. The highest BCUT2D eigenvalue weighted by Gasteiger charge is 2.28. The van der Waals surface area contributed by atoms with Crippen molar-refractivity contribution in [1.82, 2.24) is 15.1 Å². The van der Waals surface area contributed by atoms with Crippen LogP contribution < -0.4 is 5.32 Å². The zero-order valence-corrected chi connectivity index (χ0v) is 13.4. The SMILES string of the molecule is O=C(c1ccc(F)c(Br)c1)N1CCN(C2CCNC2)CC1. The number of nitrogens with one attached hydrogen (secondary N) is 1. The fourth-order valence-electron chi connectivity index (χ4n) is 3.05. The van der Waals surface area contributed by atoms with Crippen molar-refractivity contribution in [2.45, 2.75) is 12.5 Å². The van der Waals surface area contributed by atoms with Crippen LogP contribution in [0, 0.1) is 5.82 Å². The van der Waals surface area contributed by atoms with Crippen LogP contribution in [0.15, 0.2) is 22.7 Å². The van der Waals surface area contributed by atoms with E-state index in [1.807, 2.05) is 4.90 Å². The Morgan fingerprint density at radius 1 is 1.29 bits per heavy atom. The molecule has 6 heteroatoms. The molecule has 3 rings (SSSR count). The molecule has 0 aromatic heterocycles. The topological polar surface area (TPSA) is 35.6 Å². The predicted molar refractivity (Wildman–Crippen MR) is 82.9 cm³/mol.